The summed E-state index contributed by atoms with van der Waals surface area (Å²) in [6.45, 7) is 8.02. The van der Waals surface area contributed by atoms with Crippen LogP contribution in [0.5, 0.6) is 5.75 Å². The number of aromatic nitrogens is 2. The van der Waals surface area contributed by atoms with Crippen LogP contribution in [0.1, 0.15) is 72.6 Å². The highest BCUT2D eigenvalue weighted by molar-refractivity contribution is 6.20. The van der Waals surface area contributed by atoms with Gasteiger partial charge in [-0.3, -0.25) is 14.4 Å². The van der Waals surface area contributed by atoms with Crippen LogP contribution in [0.25, 0.3) is 10.9 Å². The second-order valence-electron chi connectivity index (χ2n) is 12.2. The fraction of sp³-hybridized carbons (Fsp3) is 0.633. The first-order chi connectivity index (χ1) is 19.5. The zero-order chi connectivity index (χ0) is 29.7. The van der Waals surface area contributed by atoms with Gasteiger partial charge in [-0.15, -0.1) is 0 Å². The summed E-state index contributed by atoms with van der Waals surface area (Å²) in [4.78, 5) is 51.7. The normalized spacial score (nSPS) is 19.4. The molecule has 41 heavy (non-hydrogen) atoms. The minimum atomic E-state index is -0.983. The minimum Gasteiger partial charge on any atom is -0.494 e. The van der Waals surface area contributed by atoms with Crippen molar-refractivity contribution in [2.24, 2.45) is 5.41 Å². The maximum absolute atomic E-state index is 14.5. The summed E-state index contributed by atoms with van der Waals surface area (Å²) < 4.78 is 5.74. The number of carbonyl (C=O) groups is 3. The molecule has 0 bridgehead atoms. The molecule has 1 aromatic heterocycles. The Morgan fingerprint density at radius 1 is 1.07 bits per heavy atom. The molecule has 1 saturated heterocycles. The van der Waals surface area contributed by atoms with Gasteiger partial charge in [0.25, 0.3) is 11.8 Å². The zero-order valence-corrected chi connectivity index (χ0v) is 25.2. The second kappa shape index (κ2) is 13.1. The Balaban J connectivity index is 1.83. The lowest BCUT2D eigenvalue weighted by molar-refractivity contribution is -0.134. The molecule has 2 aromatic rings. The standard InChI is InChI=1S/C30H45N7O4/c1-18(31-5)27(38)36-25(30(2,3)4)29(40)37(28(39)21-13-10-14-32-21)23-15-20-22(16-24(23)41-6)33-17-34-26(20)35-19-11-8-7-9-12-19/h15-19,21,25,31-32H,7-14H2,1-6H3,(H,36,38)(H,33,34,35)/t18-,21-,25+/m0/s1. The highest BCUT2D eigenvalue weighted by Crippen LogP contribution is 2.37. The molecule has 2 aliphatic rings. The molecule has 1 aromatic carbocycles. The molecule has 0 radical (unpaired) electrons. The molecule has 1 aliphatic carbocycles. The zero-order valence-electron chi connectivity index (χ0n) is 25.2. The van der Waals surface area contributed by atoms with Crippen LogP contribution in [0.4, 0.5) is 11.5 Å². The van der Waals surface area contributed by atoms with Crippen molar-refractivity contribution in [3.05, 3.63) is 18.5 Å². The summed E-state index contributed by atoms with van der Waals surface area (Å²) in [6, 6.07) is 1.77. The van der Waals surface area contributed by atoms with Gasteiger partial charge in [0.2, 0.25) is 5.91 Å². The molecule has 0 spiro atoms. The fourth-order valence-corrected chi connectivity index (χ4v) is 5.54. The first-order valence-electron chi connectivity index (χ1n) is 14.7. The van der Waals surface area contributed by atoms with E-state index in [1.165, 1.54) is 24.8 Å². The van der Waals surface area contributed by atoms with Gasteiger partial charge in [0.15, 0.2) is 0 Å². The summed E-state index contributed by atoms with van der Waals surface area (Å²) in [7, 11) is 3.19. The van der Waals surface area contributed by atoms with Gasteiger partial charge >= 0.3 is 0 Å². The van der Waals surface area contributed by atoms with Crippen LogP contribution >= 0.6 is 0 Å². The number of methoxy groups -OCH3 is 1. The number of hydrogen-bond acceptors (Lipinski definition) is 9. The molecule has 11 nitrogen and oxygen atoms in total. The number of rotatable bonds is 9. The number of nitrogens with zero attached hydrogens (tertiary/aromatic N) is 3. The van der Waals surface area contributed by atoms with Crippen LogP contribution < -0.4 is 30.9 Å². The molecular weight excluding hydrogens is 522 g/mol. The number of anilines is 2. The van der Waals surface area contributed by atoms with Crippen molar-refractivity contribution in [2.45, 2.75) is 96.8 Å². The number of imide groups is 1. The number of hydrogen-bond donors (Lipinski definition) is 4. The summed E-state index contributed by atoms with van der Waals surface area (Å²) in [5.41, 5.74) is 0.250. The van der Waals surface area contributed by atoms with E-state index in [4.69, 9.17) is 4.74 Å². The Hall–Kier alpha value is -3.31. The van der Waals surface area contributed by atoms with Crippen LogP contribution in [0.2, 0.25) is 0 Å². The summed E-state index contributed by atoms with van der Waals surface area (Å²) >= 11 is 0. The lowest BCUT2D eigenvalue weighted by atomic mass is 9.85. The number of ether oxygens (including phenoxy) is 1. The van der Waals surface area contributed by atoms with E-state index in [9.17, 15) is 14.4 Å². The summed E-state index contributed by atoms with van der Waals surface area (Å²) in [6.07, 6.45) is 8.63. The van der Waals surface area contributed by atoms with Crippen molar-refractivity contribution in [3.8, 4) is 5.75 Å². The molecule has 1 saturated carbocycles. The third-order valence-electron chi connectivity index (χ3n) is 8.15. The van der Waals surface area contributed by atoms with Crippen LogP contribution in [-0.4, -0.2) is 72.6 Å². The van der Waals surface area contributed by atoms with E-state index in [1.807, 2.05) is 20.8 Å². The lowest BCUT2D eigenvalue weighted by Gasteiger charge is -2.36. The van der Waals surface area contributed by atoms with Crippen molar-refractivity contribution in [1.29, 1.82) is 0 Å². The average molecular weight is 568 g/mol. The van der Waals surface area contributed by atoms with E-state index in [-0.39, 0.29) is 11.8 Å². The Labute approximate surface area is 242 Å². The predicted molar refractivity (Wildman–Crippen MR) is 160 cm³/mol. The molecular formula is C30H45N7O4. The Morgan fingerprint density at radius 3 is 2.41 bits per heavy atom. The molecule has 224 valence electrons. The number of nitrogens with one attached hydrogen (secondary N) is 4. The van der Waals surface area contributed by atoms with Crippen molar-refractivity contribution in [1.82, 2.24) is 25.9 Å². The monoisotopic (exact) mass is 567 g/mol. The van der Waals surface area contributed by atoms with Crippen molar-refractivity contribution >= 4 is 40.1 Å². The SMILES string of the molecule is CN[C@@H](C)C(=O)N[C@H](C(=O)N(C(=O)[C@@H]1CCCN1)c1cc2c(NC3CCCCC3)ncnc2cc1OC)C(C)(C)C. The van der Waals surface area contributed by atoms with Gasteiger partial charge in [-0.2, -0.15) is 0 Å². The minimum absolute atomic E-state index is 0.295. The average Bonchev–Trinajstić information content (AvgIpc) is 3.50. The van der Waals surface area contributed by atoms with Crippen molar-refractivity contribution in [2.75, 3.05) is 30.9 Å². The van der Waals surface area contributed by atoms with E-state index in [2.05, 4.69) is 31.2 Å². The molecule has 4 rings (SSSR count). The number of benzene rings is 1. The number of likely N-dealkylation sites (N-methyl/N-ethyl adjacent to an activating group) is 1. The Kier molecular flexibility index (Phi) is 9.80. The van der Waals surface area contributed by atoms with E-state index in [0.717, 1.165) is 32.1 Å². The molecule has 4 N–H and O–H groups in total. The topological polar surface area (TPSA) is 138 Å². The van der Waals surface area contributed by atoms with Gasteiger partial charge in [-0.05, 0) is 57.7 Å². The number of carbonyl (C=O) groups excluding carboxylic acids is 3. The fourth-order valence-electron chi connectivity index (χ4n) is 5.54. The van der Waals surface area contributed by atoms with Crippen LogP contribution in [0.15, 0.2) is 18.5 Å². The van der Waals surface area contributed by atoms with Crippen molar-refractivity contribution in [3.63, 3.8) is 0 Å². The van der Waals surface area contributed by atoms with Crippen LogP contribution in [0, 0.1) is 5.41 Å². The van der Waals surface area contributed by atoms with Gasteiger partial charge < -0.3 is 26.0 Å². The molecule has 3 atom stereocenters. The summed E-state index contributed by atoms with van der Waals surface area (Å²) in [5.74, 6) is -0.238. The van der Waals surface area contributed by atoms with E-state index < -0.39 is 29.4 Å². The van der Waals surface area contributed by atoms with Crippen LogP contribution in [-0.2, 0) is 14.4 Å². The van der Waals surface area contributed by atoms with Crippen molar-refractivity contribution < 1.29 is 19.1 Å². The molecule has 2 fully saturated rings. The van der Waals surface area contributed by atoms with E-state index in [0.29, 0.717) is 47.2 Å². The van der Waals surface area contributed by atoms with Gasteiger partial charge in [0.05, 0.1) is 30.4 Å². The predicted octanol–water partition coefficient (Wildman–Crippen LogP) is 3.13. The Bertz CT molecular complexity index is 1250. The quantitative estimate of drug-likeness (QED) is 0.360. The molecule has 3 amide bonds. The third-order valence-corrected chi connectivity index (χ3v) is 8.15. The number of amides is 3. The molecule has 0 unspecified atom stereocenters. The Morgan fingerprint density at radius 2 is 1.80 bits per heavy atom. The summed E-state index contributed by atoms with van der Waals surface area (Å²) in [5, 5.41) is 13.3. The number of fused-ring (bicyclic) bond motifs is 1. The molecule has 11 heteroatoms. The second-order valence-corrected chi connectivity index (χ2v) is 12.2. The third kappa shape index (κ3) is 6.95. The van der Waals surface area contributed by atoms with E-state index >= 15 is 0 Å². The largest absolute Gasteiger partial charge is 0.494 e. The first kappa shape index (κ1) is 30.6. The maximum atomic E-state index is 14.5. The highest BCUT2D eigenvalue weighted by atomic mass is 16.5. The van der Waals surface area contributed by atoms with Gasteiger partial charge in [-0.1, -0.05) is 40.0 Å². The van der Waals surface area contributed by atoms with E-state index in [1.54, 1.807) is 26.1 Å². The molecule has 1 aliphatic heterocycles. The van der Waals surface area contributed by atoms with Crippen LogP contribution in [0.3, 0.4) is 0 Å². The maximum Gasteiger partial charge on any atom is 0.257 e. The van der Waals surface area contributed by atoms with Gasteiger partial charge in [-0.25, -0.2) is 14.9 Å². The lowest BCUT2D eigenvalue weighted by Crippen LogP contribution is -2.60. The smallest absolute Gasteiger partial charge is 0.257 e. The first-order valence-corrected chi connectivity index (χ1v) is 14.7. The van der Waals surface area contributed by atoms with Gasteiger partial charge in [0, 0.05) is 17.5 Å². The van der Waals surface area contributed by atoms with Gasteiger partial charge in [0.1, 0.15) is 23.9 Å². The molecule has 2 heterocycles. The highest BCUT2D eigenvalue weighted by Gasteiger charge is 2.42.